The lowest BCUT2D eigenvalue weighted by Gasteiger charge is -2.09. The number of carbonyl (C=O) groups is 1. The van der Waals surface area contributed by atoms with E-state index >= 15 is 0 Å². The highest BCUT2D eigenvalue weighted by Crippen LogP contribution is 2.23. The van der Waals surface area contributed by atoms with Crippen LogP contribution in [0, 0.1) is 13.8 Å². The maximum Gasteiger partial charge on any atom is 0.259 e. The Morgan fingerprint density at radius 2 is 1.62 bits per heavy atom. The predicted octanol–water partition coefficient (Wildman–Crippen LogP) is 4.14. The zero-order valence-electron chi connectivity index (χ0n) is 13.5. The van der Waals surface area contributed by atoms with E-state index in [1.165, 1.54) is 0 Å². The van der Waals surface area contributed by atoms with Crippen molar-refractivity contribution in [2.45, 2.75) is 13.8 Å². The second kappa shape index (κ2) is 6.91. The standard InChI is InChI=1S/C19H17N3O2/c1-13-18(12-20-14(2)21-13)19(23)22-15-8-10-17(11-9-15)24-16-6-4-3-5-7-16/h3-12H,1-2H3,(H,22,23). The van der Waals surface area contributed by atoms with Gasteiger partial charge in [-0.2, -0.15) is 0 Å². The van der Waals surface area contributed by atoms with E-state index in [-0.39, 0.29) is 5.91 Å². The van der Waals surface area contributed by atoms with E-state index in [1.807, 2.05) is 30.3 Å². The first-order valence-corrected chi connectivity index (χ1v) is 7.56. The second-order valence-corrected chi connectivity index (χ2v) is 5.31. The number of benzene rings is 2. The molecular formula is C19H17N3O2. The Morgan fingerprint density at radius 3 is 2.29 bits per heavy atom. The number of para-hydroxylation sites is 1. The van der Waals surface area contributed by atoms with E-state index in [0.717, 1.165) is 5.75 Å². The summed E-state index contributed by atoms with van der Waals surface area (Å²) in [5.41, 5.74) is 1.80. The molecule has 3 rings (SSSR count). The van der Waals surface area contributed by atoms with Crippen molar-refractivity contribution < 1.29 is 9.53 Å². The summed E-state index contributed by atoms with van der Waals surface area (Å²) in [7, 11) is 0. The summed E-state index contributed by atoms with van der Waals surface area (Å²) in [5.74, 6) is 1.88. The number of aryl methyl sites for hydroxylation is 2. The third-order valence-corrected chi connectivity index (χ3v) is 3.44. The van der Waals surface area contributed by atoms with Gasteiger partial charge in [0.15, 0.2) is 0 Å². The number of carbonyl (C=O) groups excluding carboxylic acids is 1. The summed E-state index contributed by atoms with van der Waals surface area (Å²) in [6.45, 7) is 3.58. The zero-order chi connectivity index (χ0) is 16.9. The minimum atomic E-state index is -0.232. The van der Waals surface area contributed by atoms with Crippen LogP contribution in [0.2, 0.25) is 0 Å². The van der Waals surface area contributed by atoms with Crippen LogP contribution in [-0.2, 0) is 0 Å². The van der Waals surface area contributed by atoms with Crippen LogP contribution < -0.4 is 10.1 Å². The molecule has 3 aromatic rings. The number of rotatable bonds is 4. The molecule has 1 heterocycles. The van der Waals surface area contributed by atoms with E-state index in [2.05, 4.69) is 15.3 Å². The van der Waals surface area contributed by atoms with Crippen molar-refractivity contribution in [1.82, 2.24) is 9.97 Å². The van der Waals surface area contributed by atoms with Gasteiger partial charge in [-0.3, -0.25) is 4.79 Å². The molecule has 5 heteroatoms. The minimum absolute atomic E-state index is 0.232. The molecule has 0 aliphatic rings. The average molecular weight is 319 g/mol. The van der Waals surface area contributed by atoms with Gasteiger partial charge in [0.1, 0.15) is 17.3 Å². The fourth-order valence-corrected chi connectivity index (χ4v) is 2.24. The molecule has 0 bridgehead atoms. The first-order chi connectivity index (χ1) is 11.6. The van der Waals surface area contributed by atoms with Gasteiger partial charge < -0.3 is 10.1 Å². The third kappa shape index (κ3) is 3.76. The second-order valence-electron chi connectivity index (χ2n) is 5.31. The van der Waals surface area contributed by atoms with Gasteiger partial charge in [-0.15, -0.1) is 0 Å². The Morgan fingerprint density at radius 1 is 0.958 bits per heavy atom. The molecule has 24 heavy (non-hydrogen) atoms. The van der Waals surface area contributed by atoms with Crippen molar-refractivity contribution in [2.24, 2.45) is 0 Å². The molecule has 1 aromatic heterocycles. The van der Waals surface area contributed by atoms with Crippen LogP contribution in [0.1, 0.15) is 21.9 Å². The van der Waals surface area contributed by atoms with Crippen LogP contribution in [0.25, 0.3) is 0 Å². The quantitative estimate of drug-likeness (QED) is 0.785. The number of ether oxygens (including phenoxy) is 1. The largest absolute Gasteiger partial charge is 0.457 e. The van der Waals surface area contributed by atoms with Gasteiger partial charge in [0.2, 0.25) is 0 Å². The lowest BCUT2D eigenvalue weighted by Crippen LogP contribution is -2.15. The number of hydrogen-bond acceptors (Lipinski definition) is 4. The molecule has 0 unspecified atom stereocenters. The average Bonchev–Trinajstić information content (AvgIpc) is 2.57. The number of aromatic nitrogens is 2. The number of hydrogen-bond donors (Lipinski definition) is 1. The van der Waals surface area contributed by atoms with Crippen LogP contribution in [0.3, 0.4) is 0 Å². The highest BCUT2D eigenvalue weighted by Gasteiger charge is 2.11. The third-order valence-electron chi connectivity index (χ3n) is 3.44. The fourth-order valence-electron chi connectivity index (χ4n) is 2.24. The molecule has 1 N–H and O–H groups in total. The molecule has 0 saturated carbocycles. The van der Waals surface area contributed by atoms with Crippen molar-refractivity contribution in [3.63, 3.8) is 0 Å². The predicted molar refractivity (Wildman–Crippen MR) is 92.4 cm³/mol. The van der Waals surface area contributed by atoms with Gasteiger partial charge >= 0.3 is 0 Å². The van der Waals surface area contributed by atoms with E-state index in [4.69, 9.17) is 4.74 Å². The Hall–Kier alpha value is -3.21. The Bertz CT molecular complexity index is 846. The number of nitrogens with zero attached hydrogens (tertiary/aromatic N) is 2. The number of nitrogens with one attached hydrogen (secondary N) is 1. The topological polar surface area (TPSA) is 64.1 Å². The molecule has 0 spiro atoms. The van der Waals surface area contributed by atoms with E-state index in [0.29, 0.717) is 28.5 Å². The van der Waals surface area contributed by atoms with Gasteiger partial charge in [-0.05, 0) is 50.2 Å². The maximum absolute atomic E-state index is 12.3. The molecule has 0 radical (unpaired) electrons. The van der Waals surface area contributed by atoms with Gasteiger partial charge in [-0.25, -0.2) is 9.97 Å². The van der Waals surface area contributed by atoms with Crippen molar-refractivity contribution >= 4 is 11.6 Å². The molecule has 0 aliphatic heterocycles. The highest BCUT2D eigenvalue weighted by molar-refractivity contribution is 6.04. The Kier molecular flexibility index (Phi) is 4.52. The highest BCUT2D eigenvalue weighted by atomic mass is 16.5. The molecule has 120 valence electrons. The van der Waals surface area contributed by atoms with Gasteiger partial charge in [0.05, 0.1) is 11.3 Å². The molecule has 0 fully saturated rings. The van der Waals surface area contributed by atoms with Crippen LogP contribution in [0.5, 0.6) is 11.5 Å². The molecule has 0 saturated heterocycles. The summed E-state index contributed by atoms with van der Waals surface area (Å²) in [5, 5.41) is 2.84. The summed E-state index contributed by atoms with van der Waals surface area (Å²) in [4.78, 5) is 20.6. The lowest BCUT2D eigenvalue weighted by atomic mass is 10.2. The summed E-state index contributed by atoms with van der Waals surface area (Å²) < 4.78 is 5.72. The summed E-state index contributed by atoms with van der Waals surface area (Å²) in [6, 6.07) is 16.7. The van der Waals surface area contributed by atoms with Gasteiger partial charge in [0, 0.05) is 11.9 Å². The zero-order valence-corrected chi connectivity index (χ0v) is 13.5. The number of amides is 1. The SMILES string of the molecule is Cc1ncc(C(=O)Nc2ccc(Oc3ccccc3)cc2)c(C)n1. The smallest absolute Gasteiger partial charge is 0.259 e. The van der Waals surface area contributed by atoms with E-state index < -0.39 is 0 Å². The fraction of sp³-hybridized carbons (Fsp3) is 0.105. The number of anilines is 1. The van der Waals surface area contributed by atoms with Crippen molar-refractivity contribution in [1.29, 1.82) is 0 Å². The first kappa shape index (κ1) is 15.7. The van der Waals surface area contributed by atoms with Crippen molar-refractivity contribution in [2.75, 3.05) is 5.32 Å². The van der Waals surface area contributed by atoms with E-state index in [9.17, 15) is 4.79 Å². The molecular weight excluding hydrogens is 302 g/mol. The summed E-state index contributed by atoms with van der Waals surface area (Å²) in [6.07, 6.45) is 1.54. The van der Waals surface area contributed by atoms with E-state index in [1.54, 1.807) is 44.3 Å². The lowest BCUT2D eigenvalue weighted by molar-refractivity contribution is 0.102. The molecule has 1 amide bonds. The first-order valence-electron chi connectivity index (χ1n) is 7.56. The molecule has 0 atom stereocenters. The van der Waals surface area contributed by atoms with Crippen LogP contribution in [0.4, 0.5) is 5.69 Å². The van der Waals surface area contributed by atoms with Crippen molar-refractivity contribution in [3.05, 3.63) is 77.9 Å². The monoisotopic (exact) mass is 319 g/mol. The Labute approximate surface area is 140 Å². The van der Waals surface area contributed by atoms with Crippen LogP contribution >= 0.6 is 0 Å². The maximum atomic E-state index is 12.3. The summed E-state index contributed by atoms with van der Waals surface area (Å²) >= 11 is 0. The molecule has 2 aromatic carbocycles. The van der Waals surface area contributed by atoms with Gasteiger partial charge in [0.25, 0.3) is 5.91 Å². The minimum Gasteiger partial charge on any atom is -0.457 e. The molecule has 5 nitrogen and oxygen atoms in total. The normalized spacial score (nSPS) is 10.2. The Balaban J connectivity index is 1.68. The van der Waals surface area contributed by atoms with Crippen LogP contribution in [0.15, 0.2) is 60.8 Å². The molecule has 0 aliphatic carbocycles. The van der Waals surface area contributed by atoms with Crippen molar-refractivity contribution in [3.8, 4) is 11.5 Å². The van der Waals surface area contributed by atoms with Gasteiger partial charge in [-0.1, -0.05) is 18.2 Å². The van der Waals surface area contributed by atoms with Crippen LogP contribution in [-0.4, -0.2) is 15.9 Å².